The van der Waals surface area contributed by atoms with Crippen LogP contribution >= 0.6 is 0 Å². The Bertz CT molecular complexity index is 832. The molecule has 132 valence electrons. The number of ether oxygens (including phenoxy) is 1. The topological polar surface area (TPSA) is 51.5 Å². The van der Waals surface area contributed by atoms with E-state index in [2.05, 4.69) is 13.5 Å². The minimum atomic E-state index is -0.0841. The lowest BCUT2D eigenvalue weighted by Crippen LogP contribution is -2.40. The summed E-state index contributed by atoms with van der Waals surface area (Å²) in [7, 11) is 0. The van der Waals surface area contributed by atoms with E-state index in [1.165, 1.54) is 0 Å². The molecular weight excluding hydrogens is 316 g/mol. The molecule has 1 amide bonds. The molecule has 1 aliphatic rings. The van der Waals surface area contributed by atoms with Crippen LogP contribution in [-0.2, 0) is 11.3 Å². The summed E-state index contributed by atoms with van der Waals surface area (Å²) in [5, 5.41) is 1.31. The molecule has 0 radical (unpaired) electrons. The molecule has 0 atom stereocenters. The third-order valence-electron chi connectivity index (χ3n) is 4.79. The molecule has 1 fully saturated rings. The number of hydrogen-bond acceptors (Lipinski definition) is 3. The van der Waals surface area contributed by atoms with E-state index in [4.69, 9.17) is 4.74 Å². The van der Waals surface area contributed by atoms with Crippen molar-refractivity contribution in [1.29, 1.82) is 0 Å². The Balaban J connectivity index is 1.75. The van der Waals surface area contributed by atoms with Crippen molar-refractivity contribution in [2.75, 3.05) is 19.7 Å². The van der Waals surface area contributed by atoms with E-state index in [1.807, 2.05) is 11.0 Å². The van der Waals surface area contributed by atoms with Gasteiger partial charge in [0.05, 0.1) is 5.39 Å². The summed E-state index contributed by atoms with van der Waals surface area (Å²) >= 11 is 0. The predicted molar refractivity (Wildman–Crippen MR) is 98.9 cm³/mol. The molecule has 5 nitrogen and oxygen atoms in total. The van der Waals surface area contributed by atoms with Gasteiger partial charge >= 0.3 is 0 Å². The van der Waals surface area contributed by atoms with Gasteiger partial charge in [-0.2, -0.15) is 0 Å². The van der Waals surface area contributed by atoms with E-state index in [0.29, 0.717) is 23.6 Å². The monoisotopic (exact) mass is 340 g/mol. The molecule has 3 rings (SSSR count). The number of pyridine rings is 1. The van der Waals surface area contributed by atoms with E-state index in [9.17, 15) is 9.59 Å². The standard InChI is InChI=1S/C20H24N2O3/c1-3-10-22-13-9-16-17(20(22)24)5-4-6-18(16)25-14-19(23)21-11-7-15(2)8-12-21/h3-6,9,13,15H,1,7-8,10-12,14H2,2H3. The van der Waals surface area contributed by atoms with E-state index >= 15 is 0 Å². The molecule has 0 spiro atoms. The van der Waals surface area contributed by atoms with Crippen LogP contribution in [0.25, 0.3) is 10.8 Å². The van der Waals surface area contributed by atoms with Gasteiger partial charge in [0.25, 0.3) is 11.5 Å². The van der Waals surface area contributed by atoms with Crippen LogP contribution in [0.4, 0.5) is 0 Å². The highest BCUT2D eigenvalue weighted by atomic mass is 16.5. The minimum Gasteiger partial charge on any atom is -0.483 e. The van der Waals surface area contributed by atoms with Gasteiger partial charge in [-0.25, -0.2) is 0 Å². The fourth-order valence-corrected chi connectivity index (χ4v) is 3.19. The number of amides is 1. The first kappa shape index (κ1) is 17.3. The maximum atomic E-state index is 12.5. The van der Waals surface area contributed by atoms with Gasteiger partial charge in [-0.3, -0.25) is 9.59 Å². The second-order valence-corrected chi connectivity index (χ2v) is 6.63. The fraction of sp³-hybridized carbons (Fsp3) is 0.400. The maximum Gasteiger partial charge on any atom is 0.260 e. The lowest BCUT2D eigenvalue weighted by atomic mass is 9.99. The number of carbonyl (C=O) groups excluding carboxylic acids is 1. The van der Waals surface area contributed by atoms with E-state index in [0.717, 1.165) is 31.3 Å². The molecule has 2 aromatic rings. The van der Waals surface area contributed by atoms with Crippen molar-refractivity contribution < 1.29 is 9.53 Å². The number of hydrogen-bond donors (Lipinski definition) is 0. The largest absolute Gasteiger partial charge is 0.483 e. The predicted octanol–water partition coefficient (Wildman–Crippen LogP) is 2.82. The van der Waals surface area contributed by atoms with E-state index in [-0.39, 0.29) is 18.1 Å². The zero-order valence-corrected chi connectivity index (χ0v) is 14.6. The molecule has 25 heavy (non-hydrogen) atoms. The van der Waals surface area contributed by atoms with Crippen LogP contribution < -0.4 is 10.3 Å². The highest BCUT2D eigenvalue weighted by molar-refractivity contribution is 5.88. The first-order chi connectivity index (χ1) is 12.1. The van der Waals surface area contributed by atoms with Crippen molar-refractivity contribution in [1.82, 2.24) is 9.47 Å². The Kier molecular flexibility index (Phi) is 5.22. The van der Waals surface area contributed by atoms with Crippen molar-refractivity contribution in [2.24, 2.45) is 5.92 Å². The number of piperidine rings is 1. The van der Waals surface area contributed by atoms with Crippen LogP contribution in [0.5, 0.6) is 5.75 Å². The highest BCUT2D eigenvalue weighted by Crippen LogP contribution is 2.23. The number of allylic oxidation sites excluding steroid dienone is 1. The number of carbonyl (C=O) groups is 1. The summed E-state index contributed by atoms with van der Waals surface area (Å²) in [6.07, 6.45) is 5.50. The minimum absolute atomic E-state index is 0.00321. The lowest BCUT2D eigenvalue weighted by molar-refractivity contribution is -0.134. The highest BCUT2D eigenvalue weighted by Gasteiger charge is 2.20. The quantitative estimate of drug-likeness (QED) is 0.787. The summed E-state index contributed by atoms with van der Waals surface area (Å²) in [6.45, 7) is 7.94. The maximum absolute atomic E-state index is 12.5. The second kappa shape index (κ2) is 7.55. The number of rotatable bonds is 5. The van der Waals surface area contributed by atoms with Crippen LogP contribution in [0, 0.1) is 5.92 Å². The van der Waals surface area contributed by atoms with Crippen LogP contribution in [0.3, 0.4) is 0 Å². The summed E-state index contributed by atoms with van der Waals surface area (Å²) in [5.41, 5.74) is -0.0841. The van der Waals surface area contributed by atoms with Crippen molar-refractivity contribution in [3.05, 3.63) is 53.5 Å². The van der Waals surface area contributed by atoms with Gasteiger partial charge in [-0.05, 0) is 37.0 Å². The van der Waals surface area contributed by atoms with E-state index in [1.54, 1.807) is 35.0 Å². The molecule has 0 bridgehead atoms. The van der Waals surface area contributed by atoms with Crippen molar-refractivity contribution in [3.8, 4) is 5.75 Å². The number of nitrogens with zero attached hydrogens (tertiary/aromatic N) is 2. The molecule has 1 aliphatic heterocycles. The molecular formula is C20H24N2O3. The average molecular weight is 340 g/mol. The normalized spacial score (nSPS) is 15.3. The summed E-state index contributed by atoms with van der Waals surface area (Å²) in [4.78, 5) is 26.7. The zero-order chi connectivity index (χ0) is 17.8. The summed E-state index contributed by atoms with van der Waals surface area (Å²) in [5.74, 6) is 1.25. The van der Waals surface area contributed by atoms with Gasteiger partial charge in [-0.1, -0.05) is 19.1 Å². The first-order valence-corrected chi connectivity index (χ1v) is 8.74. The summed E-state index contributed by atoms with van der Waals surface area (Å²) in [6, 6.07) is 7.20. The van der Waals surface area contributed by atoms with Gasteiger partial charge in [-0.15, -0.1) is 6.58 Å². The Morgan fingerprint density at radius 1 is 1.28 bits per heavy atom. The molecule has 0 N–H and O–H groups in total. The molecule has 2 heterocycles. The van der Waals surface area contributed by atoms with Crippen LogP contribution in [-0.4, -0.2) is 35.1 Å². The van der Waals surface area contributed by atoms with Crippen molar-refractivity contribution in [2.45, 2.75) is 26.3 Å². The van der Waals surface area contributed by atoms with E-state index < -0.39 is 0 Å². The Hall–Kier alpha value is -2.56. The molecule has 0 unspecified atom stereocenters. The van der Waals surface area contributed by atoms with Gasteiger partial charge in [0.1, 0.15) is 5.75 Å². The number of fused-ring (bicyclic) bond motifs is 1. The van der Waals surface area contributed by atoms with Crippen molar-refractivity contribution >= 4 is 16.7 Å². The molecule has 5 heteroatoms. The fourth-order valence-electron chi connectivity index (χ4n) is 3.19. The third-order valence-corrected chi connectivity index (χ3v) is 4.79. The molecule has 1 saturated heterocycles. The number of aromatic nitrogens is 1. The second-order valence-electron chi connectivity index (χ2n) is 6.63. The number of likely N-dealkylation sites (tertiary alicyclic amines) is 1. The Morgan fingerprint density at radius 2 is 2.04 bits per heavy atom. The zero-order valence-electron chi connectivity index (χ0n) is 14.6. The molecule has 1 aromatic heterocycles. The Morgan fingerprint density at radius 3 is 2.76 bits per heavy atom. The van der Waals surface area contributed by atoms with Crippen molar-refractivity contribution in [3.63, 3.8) is 0 Å². The first-order valence-electron chi connectivity index (χ1n) is 8.74. The number of benzene rings is 1. The molecule has 1 aromatic carbocycles. The van der Waals surface area contributed by atoms with Gasteiger partial charge in [0.2, 0.25) is 0 Å². The molecule has 0 saturated carbocycles. The smallest absolute Gasteiger partial charge is 0.260 e. The van der Waals surface area contributed by atoms with Gasteiger partial charge in [0.15, 0.2) is 6.61 Å². The van der Waals surface area contributed by atoms with Crippen LogP contribution in [0.1, 0.15) is 19.8 Å². The van der Waals surface area contributed by atoms with Gasteiger partial charge < -0.3 is 14.2 Å². The SMILES string of the molecule is C=CCn1ccc2c(OCC(=O)N3CCC(C)CC3)cccc2c1=O. The van der Waals surface area contributed by atoms with Crippen LogP contribution in [0.2, 0.25) is 0 Å². The van der Waals surface area contributed by atoms with Gasteiger partial charge in [0, 0.05) is 31.2 Å². The average Bonchev–Trinajstić information content (AvgIpc) is 2.63. The summed E-state index contributed by atoms with van der Waals surface area (Å²) < 4.78 is 7.35. The lowest BCUT2D eigenvalue weighted by Gasteiger charge is -2.30. The third kappa shape index (κ3) is 3.76. The van der Waals surface area contributed by atoms with Crippen LogP contribution in [0.15, 0.2) is 47.9 Å². The Labute approximate surface area is 147 Å². The molecule has 0 aliphatic carbocycles.